The van der Waals surface area contributed by atoms with E-state index in [9.17, 15) is 5.11 Å². The van der Waals surface area contributed by atoms with Gasteiger partial charge in [0.05, 0.1) is 0 Å². The van der Waals surface area contributed by atoms with Gasteiger partial charge in [-0.05, 0) is 37.5 Å². The molecule has 4 heteroatoms. The summed E-state index contributed by atoms with van der Waals surface area (Å²) >= 11 is 12.9. The van der Waals surface area contributed by atoms with Gasteiger partial charge < -0.3 is 5.11 Å². The fourth-order valence-electron chi connectivity index (χ4n) is 2.28. The zero-order chi connectivity index (χ0) is 15.5. The maximum Gasteiger partial charge on any atom is 0.115 e. The van der Waals surface area contributed by atoms with Gasteiger partial charge in [0.1, 0.15) is 5.75 Å². The Bertz CT molecular complexity index is 742. The van der Waals surface area contributed by atoms with Crippen molar-refractivity contribution in [2.45, 2.75) is 0 Å². The standard InChI is InChI=1S/C18H13Cl2OP/c19-15-5-1-3-7-17(15)22(14-11-9-13(21)10-12-14)18-8-4-2-6-16(18)20/h1-12,21H. The van der Waals surface area contributed by atoms with Gasteiger partial charge in [-0.2, -0.15) is 0 Å². The van der Waals surface area contributed by atoms with Crippen LogP contribution in [0.25, 0.3) is 0 Å². The molecule has 0 saturated heterocycles. The van der Waals surface area contributed by atoms with E-state index in [-0.39, 0.29) is 5.75 Å². The Hall–Kier alpha value is -1.53. The van der Waals surface area contributed by atoms with Gasteiger partial charge in [-0.3, -0.25) is 0 Å². The lowest BCUT2D eigenvalue weighted by Crippen LogP contribution is -2.22. The van der Waals surface area contributed by atoms with E-state index >= 15 is 0 Å². The van der Waals surface area contributed by atoms with E-state index in [2.05, 4.69) is 0 Å². The molecule has 0 saturated carbocycles. The largest absolute Gasteiger partial charge is 0.508 e. The molecule has 0 aliphatic heterocycles. The van der Waals surface area contributed by atoms with Gasteiger partial charge in [-0.15, -0.1) is 0 Å². The molecule has 22 heavy (non-hydrogen) atoms. The first-order valence-electron chi connectivity index (χ1n) is 6.75. The molecule has 0 aromatic heterocycles. The predicted octanol–water partition coefficient (Wildman–Crippen LogP) is 4.46. The summed E-state index contributed by atoms with van der Waals surface area (Å²) in [6.07, 6.45) is 0. The molecule has 0 fully saturated rings. The Labute approximate surface area is 140 Å². The summed E-state index contributed by atoms with van der Waals surface area (Å²) in [5.41, 5.74) is 0. The van der Waals surface area contributed by atoms with E-state index < -0.39 is 7.92 Å². The van der Waals surface area contributed by atoms with Crippen LogP contribution in [0.2, 0.25) is 10.0 Å². The predicted molar refractivity (Wildman–Crippen MR) is 96.8 cm³/mol. The second-order valence-corrected chi connectivity index (χ2v) is 7.72. The van der Waals surface area contributed by atoms with Crippen LogP contribution in [0.3, 0.4) is 0 Å². The zero-order valence-electron chi connectivity index (χ0n) is 11.6. The fourth-order valence-corrected chi connectivity index (χ4v) is 5.36. The molecule has 0 spiro atoms. The van der Waals surface area contributed by atoms with Crippen molar-refractivity contribution in [2.75, 3.05) is 0 Å². The molecule has 0 amide bonds. The van der Waals surface area contributed by atoms with E-state index in [4.69, 9.17) is 23.2 Å². The highest BCUT2D eigenvalue weighted by atomic mass is 35.5. The van der Waals surface area contributed by atoms with Crippen LogP contribution in [-0.4, -0.2) is 5.11 Å². The topological polar surface area (TPSA) is 20.2 Å². The van der Waals surface area contributed by atoms with Gasteiger partial charge >= 0.3 is 0 Å². The molecule has 0 unspecified atom stereocenters. The molecule has 0 atom stereocenters. The van der Waals surface area contributed by atoms with Crippen molar-refractivity contribution in [3.8, 4) is 5.75 Å². The molecule has 3 rings (SSSR count). The summed E-state index contributed by atoms with van der Waals surface area (Å²) in [6.45, 7) is 0. The summed E-state index contributed by atoms with van der Waals surface area (Å²) in [5, 5.41) is 14.2. The molecule has 3 aromatic rings. The van der Waals surface area contributed by atoms with Crippen molar-refractivity contribution in [1.29, 1.82) is 0 Å². The smallest absolute Gasteiger partial charge is 0.115 e. The minimum atomic E-state index is -0.875. The van der Waals surface area contributed by atoms with Gasteiger partial charge in [-0.25, -0.2) is 0 Å². The highest BCUT2D eigenvalue weighted by Gasteiger charge is 2.20. The highest BCUT2D eigenvalue weighted by Crippen LogP contribution is 2.38. The second kappa shape index (κ2) is 6.71. The Morgan fingerprint density at radius 3 is 1.55 bits per heavy atom. The van der Waals surface area contributed by atoms with E-state index in [0.29, 0.717) is 0 Å². The number of hydrogen-bond acceptors (Lipinski definition) is 1. The quantitative estimate of drug-likeness (QED) is 0.694. The lowest BCUT2D eigenvalue weighted by molar-refractivity contribution is 0.475. The zero-order valence-corrected chi connectivity index (χ0v) is 14.0. The number of benzene rings is 3. The normalized spacial score (nSPS) is 10.9. The third-order valence-corrected chi connectivity index (χ3v) is 6.78. The van der Waals surface area contributed by atoms with Crippen molar-refractivity contribution >= 4 is 47.0 Å². The molecule has 3 aromatic carbocycles. The summed E-state index contributed by atoms with van der Waals surface area (Å²) < 4.78 is 0. The first kappa shape index (κ1) is 15.4. The van der Waals surface area contributed by atoms with Crippen molar-refractivity contribution in [2.24, 2.45) is 0 Å². The van der Waals surface area contributed by atoms with Crippen LogP contribution >= 0.6 is 31.1 Å². The lowest BCUT2D eigenvalue weighted by Gasteiger charge is -2.21. The van der Waals surface area contributed by atoms with E-state index in [1.54, 1.807) is 12.1 Å². The molecule has 0 heterocycles. The van der Waals surface area contributed by atoms with E-state index in [0.717, 1.165) is 26.0 Å². The summed E-state index contributed by atoms with van der Waals surface area (Å²) in [6, 6.07) is 22.9. The van der Waals surface area contributed by atoms with Crippen molar-refractivity contribution in [3.05, 3.63) is 82.8 Å². The molecule has 0 aliphatic carbocycles. The van der Waals surface area contributed by atoms with Gasteiger partial charge in [-0.1, -0.05) is 71.7 Å². The number of phenolic OH excluding ortho intramolecular Hbond substituents is 1. The molecule has 1 N–H and O–H groups in total. The first-order valence-corrected chi connectivity index (χ1v) is 8.85. The summed E-state index contributed by atoms with van der Waals surface area (Å²) in [7, 11) is -0.875. The number of halogens is 2. The van der Waals surface area contributed by atoms with E-state index in [1.165, 1.54) is 0 Å². The van der Waals surface area contributed by atoms with Gasteiger partial charge in [0.25, 0.3) is 0 Å². The third kappa shape index (κ3) is 3.13. The second-order valence-electron chi connectivity index (χ2n) is 4.75. The lowest BCUT2D eigenvalue weighted by atomic mass is 10.3. The van der Waals surface area contributed by atoms with Crippen LogP contribution in [0.4, 0.5) is 0 Å². The van der Waals surface area contributed by atoms with Crippen LogP contribution in [0.5, 0.6) is 5.75 Å². The van der Waals surface area contributed by atoms with Crippen LogP contribution < -0.4 is 15.9 Å². The number of aromatic hydroxyl groups is 1. The van der Waals surface area contributed by atoms with Crippen molar-refractivity contribution in [3.63, 3.8) is 0 Å². The van der Waals surface area contributed by atoms with Gasteiger partial charge in [0, 0.05) is 20.7 Å². The van der Waals surface area contributed by atoms with Crippen molar-refractivity contribution in [1.82, 2.24) is 0 Å². The summed E-state index contributed by atoms with van der Waals surface area (Å²) in [5.74, 6) is 0.247. The van der Waals surface area contributed by atoms with Gasteiger partial charge in [0.15, 0.2) is 0 Å². The Morgan fingerprint density at radius 1 is 0.636 bits per heavy atom. The fraction of sp³-hybridized carbons (Fsp3) is 0. The average Bonchev–Trinajstić information content (AvgIpc) is 2.53. The SMILES string of the molecule is Oc1ccc(P(c2ccccc2Cl)c2ccccc2Cl)cc1. The van der Waals surface area contributed by atoms with E-state index in [1.807, 2.05) is 60.7 Å². The molecule has 0 radical (unpaired) electrons. The number of phenols is 1. The molecule has 0 bridgehead atoms. The Kier molecular flexibility index (Phi) is 4.69. The highest BCUT2D eigenvalue weighted by molar-refractivity contribution is 7.80. The Morgan fingerprint density at radius 2 is 1.09 bits per heavy atom. The van der Waals surface area contributed by atoms with Crippen LogP contribution in [0.15, 0.2) is 72.8 Å². The molecular formula is C18H13Cl2OP. The Balaban J connectivity index is 2.21. The first-order chi connectivity index (χ1) is 10.7. The number of hydrogen-bond donors (Lipinski definition) is 1. The molecule has 110 valence electrons. The average molecular weight is 347 g/mol. The summed E-state index contributed by atoms with van der Waals surface area (Å²) in [4.78, 5) is 0. The maximum absolute atomic E-state index is 9.54. The maximum atomic E-state index is 9.54. The minimum Gasteiger partial charge on any atom is -0.508 e. The van der Waals surface area contributed by atoms with Crippen LogP contribution in [-0.2, 0) is 0 Å². The van der Waals surface area contributed by atoms with Crippen LogP contribution in [0, 0.1) is 0 Å². The molecule has 0 aliphatic rings. The van der Waals surface area contributed by atoms with Gasteiger partial charge in [0.2, 0.25) is 0 Å². The number of rotatable bonds is 3. The van der Waals surface area contributed by atoms with Crippen molar-refractivity contribution < 1.29 is 5.11 Å². The molecular weight excluding hydrogens is 334 g/mol. The third-order valence-electron chi connectivity index (χ3n) is 3.29. The minimum absolute atomic E-state index is 0.247. The van der Waals surface area contributed by atoms with Crippen LogP contribution in [0.1, 0.15) is 0 Å². The monoisotopic (exact) mass is 346 g/mol. The molecule has 1 nitrogen and oxygen atoms in total.